The Hall–Kier alpha value is -2.27. The van der Waals surface area contributed by atoms with Gasteiger partial charge in [-0.1, -0.05) is 30.7 Å². The van der Waals surface area contributed by atoms with Gasteiger partial charge in [0.1, 0.15) is 11.6 Å². The molecule has 132 valence electrons. The number of likely N-dealkylation sites (tertiary alicyclic amines) is 1. The lowest BCUT2D eigenvalue weighted by Crippen LogP contribution is -2.30. The van der Waals surface area contributed by atoms with Crippen molar-refractivity contribution in [2.45, 2.75) is 32.4 Å². The molecule has 1 heterocycles. The van der Waals surface area contributed by atoms with E-state index in [9.17, 15) is 13.6 Å². The maximum absolute atomic E-state index is 13.7. The Bertz CT molecular complexity index is 742. The summed E-state index contributed by atoms with van der Waals surface area (Å²) in [5.41, 5.74) is 2.04. The normalized spacial score (nSPS) is 15.1. The topological polar surface area (TPSA) is 32.3 Å². The predicted molar refractivity (Wildman–Crippen MR) is 93.1 cm³/mol. The van der Waals surface area contributed by atoms with Crippen LogP contribution in [0.25, 0.3) is 0 Å². The first-order chi connectivity index (χ1) is 12.1. The largest absolute Gasteiger partial charge is 0.348 e. The zero-order valence-electron chi connectivity index (χ0n) is 14.1. The summed E-state index contributed by atoms with van der Waals surface area (Å²) in [6, 6.07) is 10.9. The molecule has 0 aliphatic carbocycles. The molecule has 0 saturated carbocycles. The van der Waals surface area contributed by atoms with Crippen LogP contribution < -0.4 is 5.32 Å². The summed E-state index contributed by atoms with van der Waals surface area (Å²) in [5, 5.41) is 2.73. The first-order valence-electron chi connectivity index (χ1n) is 8.66. The third kappa shape index (κ3) is 4.63. The summed E-state index contributed by atoms with van der Waals surface area (Å²) in [6.45, 7) is 3.37. The molecule has 0 radical (unpaired) electrons. The van der Waals surface area contributed by atoms with Gasteiger partial charge < -0.3 is 5.32 Å². The highest BCUT2D eigenvalue weighted by Gasteiger charge is 2.15. The summed E-state index contributed by atoms with van der Waals surface area (Å²) < 4.78 is 26.7. The van der Waals surface area contributed by atoms with Crippen molar-refractivity contribution in [1.82, 2.24) is 10.2 Å². The quantitative estimate of drug-likeness (QED) is 0.893. The zero-order chi connectivity index (χ0) is 17.6. The fraction of sp³-hybridized carbons (Fsp3) is 0.350. The molecule has 2 aromatic carbocycles. The number of hydrogen-bond acceptors (Lipinski definition) is 2. The second-order valence-electron chi connectivity index (χ2n) is 6.41. The van der Waals surface area contributed by atoms with Crippen molar-refractivity contribution < 1.29 is 13.6 Å². The lowest BCUT2D eigenvalue weighted by atomic mass is 10.0. The first-order valence-corrected chi connectivity index (χ1v) is 8.66. The van der Waals surface area contributed by atoms with Crippen LogP contribution in [0.5, 0.6) is 0 Å². The monoisotopic (exact) mass is 344 g/mol. The van der Waals surface area contributed by atoms with Gasteiger partial charge in [0.15, 0.2) is 0 Å². The Labute approximate surface area is 146 Å². The van der Waals surface area contributed by atoms with Crippen LogP contribution in [0.1, 0.15) is 40.7 Å². The highest BCUT2D eigenvalue weighted by molar-refractivity contribution is 5.94. The highest BCUT2D eigenvalue weighted by atomic mass is 19.1. The third-order valence-electron chi connectivity index (χ3n) is 4.58. The molecule has 25 heavy (non-hydrogen) atoms. The minimum Gasteiger partial charge on any atom is -0.348 e. The second kappa shape index (κ2) is 8.21. The first kappa shape index (κ1) is 17.5. The number of carbonyl (C=O) groups is 1. The molecule has 1 saturated heterocycles. The molecule has 2 aromatic rings. The van der Waals surface area contributed by atoms with Crippen molar-refractivity contribution in [3.05, 3.63) is 70.8 Å². The smallest absolute Gasteiger partial charge is 0.254 e. The van der Waals surface area contributed by atoms with Crippen molar-refractivity contribution in [3.8, 4) is 0 Å². The van der Waals surface area contributed by atoms with Crippen LogP contribution in [0.2, 0.25) is 0 Å². The molecule has 1 fully saturated rings. The van der Waals surface area contributed by atoms with Gasteiger partial charge in [0, 0.05) is 19.2 Å². The SMILES string of the molecule is O=C(NCc1ccccc1CN1CCCCC1)c1ccc(F)cc1F. The van der Waals surface area contributed by atoms with Crippen molar-refractivity contribution >= 4 is 5.91 Å². The van der Waals surface area contributed by atoms with Crippen LogP contribution >= 0.6 is 0 Å². The molecule has 3 nitrogen and oxygen atoms in total. The molecule has 1 aliphatic rings. The fourth-order valence-electron chi connectivity index (χ4n) is 3.19. The van der Waals surface area contributed by atoms with Crippen molar-refractivity contribution in [3.63, 3.8) is 0 Å². The van der Waals surface area contributed by atoms with Gasteiger partial charge in [-0.15, -0.1) is 0 Å². The lowest BCUT2D eigenvalue weighted by Gasteiger charge is -2.27. The van der Waals surface area contributed by atoms with E-state index in [0.717, 1.165) is 37.3 Å². The molecule has 3 rings (SSSR count). The van der Waals surface area contributed by atoms with E-state index in [0.29, 0.717) is 6.54 Å². The van der Waals surface area contributed by atoms with Crippen LogP contribution in [0.4, 0.5) is 8.78 Å². The number of nitrogens with zero attached hydrogens (tertiary/aromatic N) is 1. The van der Waals surface area contributed by atoms with Crippen molar-refractivity contribution in [1.29, 1.82) is 0 Å². The molecule has 1 amide bonds. The van der Waals surface area contributed by atoms with Gasteiger partial charge in [0.2, 0.25) is 0 Å². The van der Waals surface area contributed by atoms with E-state index in [1.165, 1.54) is 30.9 Å². The number of amides is 1. The minimum atomic E-state index is -0.848. The van der Waals surface area contributed by atoms with Crippen molar-refractivity contribution in [2.75, 3.05) is 13.1 Å². The van der Waals surface area contributed by atoms with E-state index in [1.54, 1.807) is 0 Å². The van der Waals surface area contributed by atoms with E-state index in [4.69, 9.17) is 0 Å². The van der Waals surface area contributed by atoms with Crippen LogP contribution in [0.15, 0.2) is 42.5 Å². The third-order valence-corrected chi connectivity index (χ3v) is 4.58. The Kier molecular flexibility index (Phi) is 5.76. The Morgan fingerprint density at radius 3 is 2.44 bits per heavy atom. The van der Waals surface area contributed by atoms with E-state index in [-0.39, 0.29) is 5.56 Å². The van der Waals surface area contributed by atoms with Gasteiger partial charge in [-0.05, 0) is 49.2 Å². The summed E-state index contributed by atoms with van der Waals surface area (Å²) >= 11 is 0. The number of rotatable bonds is 5. The fourth-order valence-corrected chi connectivity index (χ4v) is 3.19. The van der Waals surface area contributed by atoms with Gasteiger partial charge in [0.25, 0.3) is 5.91 Å². The molecule has 0 bridgehead atoms. The minimum absolute atomic E-state index is 0.144. The summed E-state index contributed by atoms with van der Waals surface area (Å²) in [6.07, 6.45) is 3.74. The molecular weight excluding hydrogens is 322 g/mol. The average Bonchev–Trinajstić information content (AvgIpc) is 2.61. The maximum atomic E-state index is 13.7. The van der Waals surface area contributed by atoms with Gasteiger partial charge >= 0.3 is 0 Å². The van der Waals surface area contributed by atoms with E-state index in [1.807, 2.05) is 18.2 Å². The summed E-state index contributed by atoms with van der Waals surface area (Å²) in [7, 11) is 0. The van der Waals surface area contributed by atoms with E-state index >= 15 is 0 Å². The van der Waals surface area contributed by atoms with Crippen LogP contribution in [-0.2, 0) is 13.1 Å². The molecule has 1 N–H and O–H groups in total. The molecule has 0 spiro atoms. The number of hydrogen-bond donors (Lipinski definition) is 1. The van der Waals surface area contributed by atoms with Crippen LogP contribution in [0, 0.1) is 11.6 Å². The van der Waals surface area contributed by atoms with Gasteiger partial charge in [-0.2, -0.15) is 0 Å². The van der Waals surface area contributed by atoms with Gasteiger partial charge in [-0.3, -0.25) is 9.69 Å². The van der Waals surface area contributed by atoms with Gasteiger partial charge in [-0.25, -0.2) is 8.78 Å². The molecular formula is C20H22F2N2O. The molecule has 5 heteroatoms. The lowest BCUT2D eigenvalue weighted by molar-refractivity contribution is 0.0946. The van der Waals surface area contributed by atoms with Crippen molar-refractivity contribution in [2.24, 2.45) is 0 Å². The van der Waals surface area contributed by atoms with Gasteiger partial charge in [0.05, 0.1) is 5.56 Å². The number of nitrogens with one attached hydrogen (secondary N) is 1. The second-order valence-corrected chi connectivity index (χ2v) is 6.41. The average molecular weight is 344 g/mol. The van der Waals surface area contributed by atoms with E-state index in [2.05, 4.69) is 16.3 Å². The standard InChI is InChI=1S/C20H22F2N2O/c21-17-8-9-18(19(22)12-17)20(25)23-13-15-6-2-3-7-16(15)14-24-10-4-1-5-11-24/h2-3,6-9,12H,1,4-5,10-11,13-14H2,(H,23,25). The molecule has 0 unspecified atom stereocenters. The number of piperidine rings is 1. The Morgan fingerprint density at radius 2 is 1.72 bits per heavy atom. The highest BCUT2D eigenvalue weighted by Crippen LogP contribution is 2.16. The Morgan fingerprint density at radius 1 is 1.00 bits per heavy atom. The predicted octanol–water partition coefficient (Wildman–Crippen LogP) is 3.88. The Balaban J connectivity index is 1.65. The molecule has 0 atom stereocenters. The zero-order valence-corrected chi connectivity index (χ0v) is 14.1. The molecule has 0 aromatic heterocycles. The summed E-state index contributed by atoms with van der Waals surface area (Å²) in [4.78, 5) is 14.6. The molecule has 1 aliphatic heterocycles. The van der Waals surface area contributed by atoms with E-state index < -0.39 is 17.5 Å². The van der Waals surface area contributed by atoms with Crippen LogP contribution in [0.3, 0.4) is 0 Å². The summed E-state index contributed by atoms with van der Waals surface area (Å²) in [5.74, 6) is -2.08. The maximum Gasteiger partial charge on any atom is 0.254 e. The number of benzene rings is 2. The number of halogens is 2. The number of carbonyl (C=O) groups excluding carboxylic acids is 1. The van der Waals surface area contributed by atoms with Crippen LogP contribution in [-0.4, -0.2) is 23.9 Å².